The first kappa shape index (κ1) is 31.7. The van der Waals surface area contributed by atoms with E-state index in [0.29, 0.717) is 0 Å². The molecule has 0 atom stereocenters. The molecule has 6 rings (SSSR count). The van der Waals surface area contributed by atoms with Crippen molar-refractivity contribution in [3.63, 3.8) is 0 Å². The zero-order chi connectivity index (χ0) is 21.4. The molecule has 0 aliphatic rings. The minimum absolute atomic E-state index is 0. The van der Waals surface area contributed by atoms with Crippen LogP contribution in [0.1, 0.15) is 22.6 Å². The summed E-state index contributed by atoms with van der Waals surface area (Å²) >= 11 is 0. The number of hydrogen-bond donors (Lipinski definition) is 0. The number of rotatable bonds is 3. The standard InChI is InChI=1S/C16H9.3C5H5.3Fe/c1-2-8-13(7-1)16(14-9-3-4-10-14)15-11-5-6-12-15;3*1-2-4-5-3-1;;;/h1-4,7-10,16H;3*1-5H;;;/q-7;3*-1;;;. The summed E-state index contributed by atoms with van der Waals surface area (Å²) in [6.45, 7) is 0. The molecule has 34 heavy (non-hydrogen) atoms. The Balaban J connectivity index is 0.000000501. The molecule has 0 heterocycles. The van der Waals surface area contributed by atoms with E-state index in [-0.39, 0.29) is 57.1 Å². The van der Waals surface area contributed by atoms with E-state index in [1.165, 1.54) is 11.1 Å². The van der Waals surface area contributed by atoms with Gasteiger partial charge >= 0.3 is 0 Å². The second-order valence-corrected chi connectivity index (χ2v) is 6.67. The molecule has 0 bridgehead atoms. The van der Waals surface area contributed by atoms with Crippen molar-refractivity contribution in [2.45, 2.75) is 5.92 Å². The molecule has 0 unspecified atom stereocenters. The maximum absolute atomic E-state index is 3.08. The Morgan fingerprint density at radius 3 is 0.971 bits per heavy atom. The van der Waals surface area contributed by atoms with Crippen molar-refractivity contribution in [1.29, 1.82) is 0 Å². The Kier molecular flexibility index (Phi) is 18.7. The van der Waals surface area contributed by atoms with E-state index in [4.69, 9.17) is 0 Å². The van der Waals surface area contributed by atoms with E-state index in [0.717, 1.165) is 5.56 Å². The van der Waals surface area contributed by atoms with Gasteiger partial charge in [-0.3, -0.25) is 5.92 Å². The fourth-order valence-corrected chi connectivity index (χ4v) is 3.02. The van der Waals surface area contributed by atoms with Crippen LogP contribution in [0.2, 0.25) is 0 Å². The second kappa shape index (κ2) is 20.1. The van der Waals surface area contributed by atoms with Gasteiger partial charge in [0.15, 0.2) is 0 Å². The van der Waals surface area contributed by atoms with Crippen LogP contribution in [-0.4, -0.2) is 0 Å². The van der Waals surface area contributed by atoms with Crippen molar-refractivity contribution in [1.82, 2.24) is 0 Å². The maximum atomic E-state index is 3.08. The van der Waals surface area contributed by atoms with E-state index < -0.39 is 0 Å². The Morgan fingerprint density at radius 1 is 0.441 bits per heavy atom. The monoisotopic (exact) mass is 564 g/mol. The van der Waals surface area contributed by atoms with Crippen molar-refractivity contribution in [3.05, 3.63) is 180 Å². The molecule has 0 spiro atoms. The molecule has 3 heteroatoms. The van der Waals surface area contributed by atoms with Gasteiger partial charge in [-0.2, -0.15) is 90.0 Å². The molecule has 0 N–H and O–H groups in total. The zero-order valence-corrected chi connectivity index (χ0v) is 21.7. The SMILES string of the molecule is [Fe].[Fe].[Fe].[c-]1[c-][c-][c-](C([c-]2cccc2)[c-]2cccc2)[c-]1.c1cc[cH-]c1.c1cc[cH-]c1.c1cc[cH-]c1. The second-order valence-electron chi connectivity index (χ2n) is 6.67. The summed E-state index contributed by atoms with van der Waals surface area (Å²) in [7, 11) is 0. The Labute approximate surface area is 236 Å². The maximum Gasteiger partial charge on any atom is 0 e. The van der Waals surface area contributed by atoms with Gasteiger partial charge in [0, 0.05) is 51.2 Å². The van der Waals surface area contributed by atoms with Crippen LogP contribution < -0.4 is 0 Å². The largest absolute Gasteiger partial charge is 0.998 e. The molecule has 0 amide bonds. The smallest absolute Gasteiger partial charge is 0 e. The summed E-state index contributed by atoms with van der Waals surface area (Å²) in [6.07, 6.45) is 0. The first-order valence-electron chi connectivity index (χ1n) is 10.3. The van der Waals surface area contributed by atoms with Gasteiger partial charge < -0.3 is 29.8 Å². The Bertz CT molecular complexity index is 851. The first-order chi connectivity index (χ1) is 15.4. The molecule has 6 aromatic carbocycles. The van der Waals surface area contributed by atoms with Gasteiger partial charge in [-0.1, -0.05) is 0 Å². The number of hydrogen-bond acceptors (Lipinski definition) is 0. The predicted octanol–water partition coefficient (Wildman–Crippen LogP) is 7.43. The molecule has 0 aromatic heterocycles. The summed E-state index contributed by atoms with van der Waals surface area (Å²) in [5, 5.41) is 0. The third-order valence-corrected chi connectivity index (χ3v) is 4.46. The van der Waals surface area contributed by atoms with Crippen LogP contribution in [-0.2, 0) is 51.2 Å². The summed E-state index contributed by atoms with van der Waals surface area (Å²) in [5.74, 6) is 0.215. The molecule has 0 aliphatic heterocycles. The third-order valence-electron chi connectivity index (χ3n) is 4.46. The van der Waals surface area contributed by atoms with E-state index >= 15 is 0 Å². The molecule has 0 radical (unpaired) electrons. The molecule has 0 saturated carbocycles. The van der Waals surface area contributed by atoms with Crippen molar-refractivity contribution < 1.29 is 51.2 Å². The van der Waals surface area contributed by atoms with Gasteiger partial charge in [-0.15, -0.1) is 0 Å². The minimum atomic E-state index is 0. The van der Waals surface area contributed by atoms with E-state index in [9.17, 15) is 0 Å². The molecule has 0 aliphatic carbocycles. The van der Waals surface area contributed by atoms with Crippen molar-refractivity contribution in [2.24, 2.45) is 0 Å². The van der Waals surface area contributed by atoms with Crippen molar-refractivity contribution >= 4 is 0 Å². The molecule has 6 aromatic rings. The topological polar surface area (TPSA) is 0 Å². The van der Waals surface area contributed by atoms with Crippen LogP contribution in [0.25, 0.3) is 0 Å². The van der Waals surface area contributed by atoms with Crippen LogP contribution in [0, 0.1) is 24.3 Å². The Morgan fingerprint density at radius 2 is 0.735 bits per heavy atom. The first-order valence-corrected chi connectivity index (χ1v) is 10.3. The van der Waals surface area contributed by atoms with Crippen molar-refractivity contribution in [2.75, 3.05) is 0 Å². The molecule has 182 valence electrons. The van der Waals surface area contributed by atoms with E-state index in [1.54, 1.807) is 0 Å². The predicted molar refractivity (Wildman–Crippen MR) is 128 cm³/mol. The van der Waals surface area contributed by atoms with Crippen LogP contribution in [0.4, 0.5) is 0 Å². The quantitative estimate of drug-likeness (QED) is 0.155. The molecular weight excluding hydrogens is 540 g/mol. The average molecular weight is 564 g/mol. The van der Waals surface area contributed by atoms with Crippen molar-refractivity contribution in [3.8, 4) is 0 Å². The normalized spacial score (nSPS) is 8.74. The van der Waals surface area contributed by atoms with Crippen LogP contribution in [0.3, 0.4) is 0 Å². The van der Waals surface area contributed by atoms with Gasteiger partial charge in [0.05, 0.1) is 0 Å². The van der Waals surface area contributed by atoms with Gasteiger partial charge in [0.25, 0.3) is 0 Å². The van der Waals surface area contributed by atoms with Crippen LogP contribution >= 0.6 is 0 Å². The minimum Gasteiger partial charge on any atom is -0.998 e. The van der Waals surface area contributed by atoms with Gasteiger partial charge in [-0.05, 0) is 0 Å². The fourth-order valence-electron chi connectivity index (χ4n) is 3.02. The Hall–Kier alpha value is -2.34. The third kappa shape index (κ3) is 11.7. The summed E-state index contributed by atoms with van der Waals surface area (Å²) < 4.78 is 0. The van der Waals surface area contributed by atoms with Gasteiger partial charge in [0.1, 0.15) is 0 Å². The van der Waals surface area contributed by atoms with Gasteiger partial charge in [-0.25, -0.2) is 60.7 Å². The molecule has 0 saturated heterocycles. The molecule has 0 nitrogen and oxygen atoms in total. The van der Waals surface area contributed by atoms with E-state index in [1.807, 2.05) is 91.0 Å². The molecule has 0 fully saturated rings. The zero-order valence-electron chi connectivity index (χ0n) is 18.4. The summed E-state index contributed by atoms with van der Waals surface area (Å²) in [4.78, 5) is 0. The molecular formula is C31H24Fe3-10. The average Bonchev–Trinajstić information content (AvgIpc) is 3.70. The van der Waals surface area contributed by atoms with Crippen LogP contribution in [0.15, 0.2) is 140 Å². The van der Waals surface area contributed by atoms with Crippen LogP contribution in [0.5, 0.6) is 0 Å². The summed E-state index contributed by atoms with van der Waals surface area (Å²) in [5.41, 5.74) is 3.55. The fraction of sp³-hybridized carbons (Fsp3) is 0.0323. The van der Waals surface area contributed by atoms with Gasteiger partial charge in [0.2, 0.25) is 0 Å². The van der Waals surface area contributed by atoms with E-state index in [2.05, 4.69) is 72.8 Å². The summed E-state index contributed by atoms with van der Waals surface area (Å²) in [6, 6.07) is 58.6.